The van der Waals surface area contributed by atoms with Crippen molar-refractivity contribution in [2.45, 2.75) is 62.7 Å². The fourth-order valence-electron chi connectivity index (χ4n) is 6.85. The summed E-state index contributed by atoms with van der Waals surface area (Å²) in [6.45, 7) is 2.71. The normalized spacial score (nSPS) is 22.2. The molecule has 12 nitrogen and oxygen atoms in total. The van der Waals surface area contributed by atoms with Crippen LogP contribution in [0.3, 0.4) is 0 Å². The van der Waals surface area contributed by atoms with E-state index in [1.54, 1.807) is 23.3 Å². The standard InChI is InChI=1S/C34H38N10O2/c1-42-22-27(21-39-42)25-7-12-30(36-19-25)44(33(45)38-18-24-5-3-2-4-6-24)29-10-8-28(9-11-29)40-32-37-20-26(17-35)31(41-32)43-15-13-34(43)14-16-46-23-34/h2-7,12,19-22,28-29H,8-11,13-16,18,23H2,1H3,(H,38,45)(H,37,40,41)/t28-,29+,34?. The number of ether oxygens (including phenoxy) is 1. The Kier molecular flexibility index (Phi) is 8.24. The Morgan fingerprint density at radius 3 is 2.57 bits per heavy atom. The monoisotopic (exact) mass is 618 g/mol. The molecule has 1 unspecified atom stereocenters. The lowest BCUT2D eigenvalue weighted by Gasteiger charge is -2.50. The van der Waals surface area contributed by atoms with Crippen LogP contribution >= 0.6 is 0 Å². The third-order valence-electron chi connectivity index (χ3n) is 9.53. The van der Waals surface area contributed by atoms with Gasteiger partial charge in [0.1, 0.15) is 17.5 Å². The summed E-state index contributed by atoms with van der Waals surface area (Å²) < 4.78 is 7.46. The highest BCUT2D eigenvalue weighted by molar-refractivity contribution is 5.91. The summed E-state index contributed by atoms with van der Waals surface area (Å²) >= 11 is 0. The van der Waals surface area contributed by atoms with Crippen LogP contribution in [0.5, 0.6) is 0 Å². The molecule has 2 amide bonds. The van der Waals surface area contributed by atoms with Crippen LogP contribution in [0.1, 0.15) is 49.7 Å². The molecule has 12 heteroatoms. The number of aromatic nitrogens is 5. The fraction of sp³-hybridized carbons (Fsp3) is 0.412. The Morgan fingerprint density at radius 1 is 1.07 bits per heavy atom. The molecule has 1 spiro atoms. The third kappa shape index (κ3) is 5.98. The number of carbonyl (C=O) groups is 1. The van der Waals surface area contributed by atoms with Crippen LogP contribution in [-0.4, -0.2) is 68.1 Å². The molecule has 3 fully saturated rings. The molecule has 236 valence electrons. The summed E-state index contributed by atoms with van der Waals surface area (Å²) in [7, 11) is 1.88. The quantitative estimate of drug-likeness (QED) is 0.289. The number of carbonyl (C=O) groups excluding carboxylic acids is 1. The van der Waals surface area contributed by atoms with Gasteiger partial charge in [-0.05, 0) is 56.2 Å². The van der Waals surface area contributed by atoms with E-state index in [1.165, 1.54) is 0 Å². The van der Waals surface area contributed by atoms with Gasteiger partial charge >= 0.3 is 6.03 Å². The van der Waals surface area contributed by atoms with Gasteiger partial charge in [0.15, 0.2) is 5.82 Å². The zero-order valence-electron chi connectivity index (χ0n) is 26.0. The molecule has 0 radical (unpaired) electrons. The van der Waals surface area contributed by atoms with E-state index in [0.29, 0.717) is 36.3 Å². The summed E-state index contributed by atoms with van der Waals surface area (Å²) in [5.74, 6) is 1.84. The van der Waals surface area contributed by atoms with Crippen molar-refractivity contribution in [3.05, 3.63) is 78.4 Å². The largest absolute Gasteiger partial charge is 0.379 e. The van der Waals surface area contributed by atoms with Crippen molar-refractivity contribution >= 4 is 23.6 Å². The number of hydrogen-bond donors (Lipinski definition) is 2. The predicted molar refractivity (Wildman–Crippen MR) is 174 cm³/mol. The number of anilines is 3. The Balaban J connectivity index is 1.05. The number of nitriles is 1. The first kappa shape index (κ1) is 29.7. The molecular weight excluding hydrogens is 580 g/mol. The molecule has 2 saturated heterocycles. The van der Waals surface area contributed by atoms with Gasteiger partial charge in [-0.25, -0.2) is 14.8 Å². The van der Waals surface area contributed by atoms with Crippen molar-refractivity contribution in [2.24, 2.45) is 7.05 Å². The molecule has 2 N–H and O–H groups in total. The minimum Gasteiger partial charge on any atom is -0.379 e. The number of benzene rings is 1. The van der Waals surface area contributed by atoms with Gasteiger partial charge in [0, 0.05) is 62.3 Å². The van der Waals surface area contributed by atoms with E-state index >= 15 is 0 Å². The van der Waals surface area contributed by atoms with Gasteiger partial charge in [0.25, 0.3) is 0 Å². The number of amides is 2. The summed E-state index contributed by atoms with van der Waals surface area (Å²) in [4.78, 5) is 31.8. The minimum atomic E-state index is -0.165. The lowest BCUT2D eigenvalue weighted by atomic mass is 9.83. The van der Waals surface area contributed by atoms with Crippen molar-refractivity contribution in [3.8, 4) is 17.2 Å². The Morgan fingerprint density at radius 2 is 1.91 bits per heavy atom. The van der Waals surface area contributed by atoms with Gasteiger partial charge < -0.3 is 20.3 Å². The molecular formula is C34H38N10O2. The predicted octanol–water partition coefficient (Wildman–Crippen LogP) is 4.65. The van der Waals surface area contributed by atoms with Crippen LogP contribution in [0.2, 0.25) is 0 Å². The summed E-state index contributed by atoms with van der Waals surface area (Å²) in [6.07, 6.45) is 12.4. The van der Waals surface area contributed by atoms with Gasteiger partial charge in [-0.1, -0.05) is 30.3 Å². The van der Waals surface area contributed by atoms with Crippen LogP contribution in [0.25, 0.3) is 11.1 Å². The zero-order chi connectivity index (χ0) is 31.5. The van der Waals surface area contributed by atoms with Gasteiger partial charge in [-0.3, -0.25) is 9.58 Å². The van der Waals surface area contributed by atoms with Crippen molar-refractivity contribution < 1.29 is 9.53 Å². The highest BCUT2D eigenvalue weighted by atomic mass is 16.5. The van der Waals surface area contributed by atoms with Crippen LogP contribution < -0.4 is 20.4 Å². The van der Waals surface area contributed by atoms with Crippen molar-refractivity contribution in [3.63, 3.8) is 0 Å². The van der Waals surface area contributed by atoms with E-state index in [1.807, 2.05) is 60.6 Å². The maximum atomic E-state index is 13.7. The minimum absolute atomic E-state index is 0.0219. The molecule has 1 saturated carbocycles. The average molecular weight is 619 g/mol. The Labute approximate surface area is 268 Å². The lowest BCUT2D eigenvalue weighted by Crippen LogP contribution is -2.61. The van der Waals surface area contributed by atoms with E-state index in [-0.39, 0.29) is 23.7 Å². The van der Waals surface area contributed by atoms with Gasteiger partial charge in [-0.15, -0.1) is 0 Å². The van der Waals surface area contributed by atoms with Crippen molar-refractivity contribution in [1.29, 1.82) is 5.26 Å². The molecule has 2 aliphatic heterocycles. The number of rotatable bonds is 8. The van der Waals surface area contributed by atoms with E-state index in [0.717, 1.165) is 68.4 Å². The fourth-order valence-corrected chi connectivity index (χ4v) is 6.85. The summed E-state index contributed by atoms with van der Waals surface area (Å²) in [5.41, 5.74) is 3.39. The van der Waals surface area contributed by atoms with E-state index < -0.39 is 0 Å². The molecule has 5 heterocycles. The lowest BCUT2D eigenvalue weighted by molar-refractivity contribution is 0.156. The van der Waals surface area contributed by atoms with E-state index in [9.17, 15) is 10.1 Å². The summed E-state index contributed by atoms with van der Waals surface area (Å²) in [6, 6.07) is 16.0. The van der Waals surface area contributed by atoms with E-state index in [2.05, 4.69) is 31.7 Å². The first-order valence-corrected chi connectivity index (χ1v) is 16.0. The molecule has 0 bridgehead atoms. The molecule has 7 rings (SSSR count). The first-order valence-electron chi connectivity index (χ1n) is 16.0. The van der Waals surface area contributed by atoms with Crippen LogP contribution in [-0.2, 0) is 18.3 Å². The maximum Gasteiger partial charge on any atom is 0.323 e. The maximum absolute atomic E-state index is 13.7. The molecule has 3 aromatic heterocycles. The van der Waals surface area contributed by atoms with Crippen molar-refractivity contribution in [2.75, 3.05) is 34.9 Å². The Bertz CT molecular complexity index is 1700. The molecule has 3 aliphatic rings. The second-order valence-electron chi connectivity index (χ2n) is 12.4. The van der Waals surface area contributed by atoms with Gasteiger partial charge in [-0.2, -0.15) is 15.3 Å². The van der Waals surface area contributed by atoms with Crippen LogP contribution in [0.4, 0.5) is 22.4 Å². The number of pyridine rings is 1. The first-order chi connectivity index (χ1) is 22.5. The topological polar surface area (TPSA) is 137 Å². The number of nitrogens with one attached hydrogen (secondary N) is 2. The summed E-state index contributed by atoms with van der Waals surface area (Å²) in [5, 5.41) is 20.7. The molecule has 46 heavy (non-hydrogen) atoms. The van der Waals surface area contributed by atoms with Gasteiger partial charge in [0.2, 0.25) is 5.95 Å². The number of aryl methyl sites for hydroxylation is 1. The average Bonchev–Trinajstić information content (AvgIpc) is 3.77. The smallest absolute Gasteiger partial charge is 0.323 e. The number of urea groups is 1. The van der Waals surface area contributed by atoms with Gasteiger partial charge in [0.05, 0.1) is 24.5 Å². The second-order valence-corrected chi connectivity index (χ2v) is 12.4. The highest BCUT2D eigenvalue weighted by Crippen LogP contribution is 2.42. The van der Waals surface area contributed by atoms with Crippen LogP contribution in [0.15, 0.2) is 67.3 Å². The molecule has 1 aliphatic carbocycles. The zero-order valence-corrected chi connectivity index (χ0v) is 26.0. The van der Waals surface area contributed by atoms with Crippen molar-refractivity contribution in [1.82, 2.24) is 30.0 Å². The Hall–Kier alpha value is -5.02. The number of hydrogen-bond acceptors (Lipinski definition) is 9. The SMILES string of the molecule is Cn1cc(-c2ccc(N(C(=O)NCc3ccccc3)[C@H]3CC[C@@H](Nc4ncc(C#N)c(N5CCC56CCOC6)n4)CC3)nc2)cn1. The molecule has 1 atom stereocenters. The molecule has 1 aromatic carbocycles. The second kappa shape index (κ2) is 12.8. The van der Waals surface area contributed by atoms with E-state index in [4.69, 9.17) is 14.7 Å². The number of nitrogens with zero attached hydrogens (tertiary/aromatic N) is 8. The van der Waals surface area contributed by atoms with Crippen LogP contribution in [0, 0.1) is 11.3 Å². The highest BCUT2D eigenvalue weighted by Gasteiger charge is 2.49. The molecule has 4 aromatic rings. The third-order valence-corrected chi connectivity index (χ3v) is 9.53.